The first-order chi connectivity index (χ1) is 13.1. The first-order valence-corrected chi connectivity index (χ1v) is 8.55. The fraction of sp³-hybridized carbons (Fsp3) is 0.316. The van der Waals surface area contributed by atoms with E-state index in [0.717, 1.165) is 9.13 Å². The maximum Gasteiger partial charge on any atom is 0.337 e. The molecule has 148 valence electrons. The van der Waals surface area contributed by atoms with Crippen molar-refractivity contribution in [2.24, 2.45) is 0 Å². The number of hydrogen-bond donors (Lipinski definition) is 1. The molecule has 28 heavy (non-hydrogen) atoms. The topological polar surface area (TPSA) is 116 Å². The first kappa shape index (κ1) is 20.8. The molecule has 0 radical (unpaired) electrons. The average Bonchev–Trinajstić information content (AvgIpc) is 2.93. The van der Waals surface area contributed by atoms with E-state index in [4.69, 9.17) is 0 Å². The third kappa shape index (κ3) is 3.51. The Bertz CT molecular complexity index is 1110. The molecule has 0 unspecified atom stereocenters. The number of Topliss-reactive ketones (excluding diaryl/α,β-unsaturated/α-hetero) is 2. The van der Waals surface area contributed by atoms with Crippen LogP contribution in [0, 0.1) is 13.8 Å². The molecule has 2 aromatic heterocycles. The van der Waals surface area contributed by atoms with Crippen molar-refractivity contribution in [1.82, 2.24) is 18.7 Å². The van der Waals surface area contributed by atoms with Crippen molar-refractivity contribution in [2.45, 2.75) is 40.4 Å². The van der Waals surface area contributed by atoms with Gasteiger partial charge in [-0.2, -0.15) is 0 Å². The van der Waals surface area contributed by atoms with Crippen molar-refractivity contribution in [3.8, 4) is 0 Å². The number of aromatic nitrogens is 4. The summed E-state index contributed by atoms with van der Waals surface area (Å²) in [6.07, 6.45) is 2.69. The molecule has 0 bridgehead atoms. The van der Waals surface area contributed by atoms with Crippen molar-refractivity contribution in [1.29, 1.82) is 0 Å². The zero-order valence-corrected chi connectivity index (χ0v) is 16.1. The molecule has 0 saturated heterocycles. The molecule has 0 aliphatic heterocycles. The molecule has 2 rings (SSSR count). The summed E-state index contributed by atoms with van der Waals surface area (Å²) >= 11 is 0. The summed E-state index contributed by atoms with van der Waals surface area (Å²) < 4.78 is 2.33. The Hall–Kier alpha value is -3.49. The van der Waals surface area contributed by atoms with Gasteiger partial charge in [0.2, 0.25) is 0 Å². The Labute approximate surface area is 160 Å². The van der Waals surface area contributed by atoms with E-state index < -0.39 is 29.4 Å². The number of aromatic amines is 1. The Morgan fingerprint density at radius 2 is 1.39 bits per heavy atom. The zero-order valence-electron chi connectivity index (χ0n) is 16.1. The molecule has 0 atom stereocenters. The van der Waals surface area contributed by atoms with Gasteiger partial charge in [0, 0.05) is 11.3 Å². The molecule has 0 spiro atoms. The first-order valence-electron chi connectivity index (χ1n) is 8.55. The molecule has 2 aromatic rings. The maximum absolute atomic E-state index is 12.8. The molecule has 0 saturated carbocycles. The third-order valence-corrected chi connectivity index (χ3v) is 4.38. The number of rotatable bonds is 8. The highest BCUT2D eigenvalue weighted by atomic mass is 16.2. The van der Waals surface area contributed by atoms with Crippen molar-refractivity contribution < 1.29 is 9.59 Å². The Morgan fingerprint density at radius 1 is 0.929 bits per heavy atom. The van der Waals surface area contributed by atoms with Crippen LogP contribution in [-0.2, 0) is 19.6 Å². The van der Waals surface area contributed by atoms with Crippen molar-refractivity contribution in [2.75, 3.05) is 0 Å². The van der Waals surface area contributed by atoms with Crippen LogP contribution in [0.25, 0.3) is 0 Å². The quantitative estimate of drug-likeness (QED) is 0.526. The average molecular weight is 386 g/mol. The molecule has 0 fully saturated rings. The van der Waals surface area contributed by atoms with Crippen molar-refractivity contribution in [3.63, 3.8) is 0 Å². The van der Waals surface area contributed by atoms with Crippen molar-refractivity contribution in [3.05, 3.63) is 79.3 Å². The van der Waals surface area contributed by atoms with Gasteiger partial charge < -0.3 is 4.98 Å². The number of carbonyl (C=O) groups is 2. The minimum absolute atomic E-state index is 0.113. The smallest absolute Gasteiger partial charge is 0.337 e. The van der Waals surface area contributed by atoms with Crippen LogP contribution in [0.4, 0.5) is 0 Å². The van der Waals surface area contributed by atoms with Gasteiger partial charge in [-0.1, -0.05) is 12.2 Å². The molecular weight excluding hydrogens is 364 g/mol. The van der Waals surface area contributed by atoms with Gasteiger partial charge in [-0.25, -0.2) is 28.1 Å². The van der Waals surface area contributed by atoms with Crippen LogP contribution in [0.2, 0.25) is 0 Å². The minimum Gasteiger partial charge on any atom is -0.355 e. The van der Waals surface area contributed by atoms with Crippen LogP contribution in [0.15, 0.2) is 39.7 Å². The van der Waals surface area contributed by atoms with Gasteiger partial charge in [-0.15, -0.1) is 13.2 Å². The molecule has 9 nitrogen and oxygen atoms in total. The molecule has 1 N–H and O–H groups in total. The predicted molar refractivity (Wildman–Crippen MR) is 104 cm³/mol. The SMILES string of the molecule is C=CCn1c(=O)n(CC=C)c(=O)n(CC(=O)c2[nH]c(C)c(C(C)=O)c2C)c1=O. The maximum atomic E-state index is 12.8. The molecule has 0 aliphatic carbocycles. The number of hydrogen-bond acceptors (Lipinski definition) is 5. The van der Waals surface area contributed by atoms with E-state index in [-0.39, 0.29) is 24.6 Å². The number of allylic oxidation sites excluding steroid dienone is 2. The summed E-state index contributed by atoms with van der Waals surface area (Å²) in [5.74, 6) is -0.753. The normalized spacial score (nSPS) is 10.7. The van der Waals surface area contributed by atoms with Crippen LogP contribution < -0.4 is 17.1 Å². The number of H-pyrrole nitrogens is 1. The van der Waals surface area contributed by atoms with E-state index in [9.17, 15) is 24.0 Å². The van der Waals surface area contributed by atoms with Crippen LogP contribution in [0.3, 0.4) is 0 Å². The fourth-order valence-corrected chi connectivity index (χ4v) is 3.17. The third-order valence-electron chi connectivity index (χ3n) is 4.38. The molecule has 9 heteroatoms. The lowest BCUT2D eigenvalue weighted by molar-refractivity contribution is 0.0961. The molecule has 2 heterocycles. The van der Waals surface area contributed by atoms with E-state index in [1.165, 1.54) is 19.1 Å². The lowest BCUT2D eigenvalue weighted by Crippen LogP contribution is -2.55. The Morgan fingerprint density at radius 3 is 1.79 bits per heavy atom. The number of carbonyl (C=O) groups excluding carboxylic acids is 2. The zero-order chi connectivity index (χ0) is 21.2. The standard InChI is InChI=1S/C19H22N4O5/c1-6-8-21-17(26)22(9-7-2)19(28)23(18(21)27)10-14(25)16-11(3)15(13(5)24)12(4)20-16/h6-7,20H,1-2,8-10H2,3-5H3. The molecule has 0 aliphatic rings. The number of nitrogens with one attached hydrogen (secondary N) is 1. The lowest BCUT2D eigenvalue weighted by Gasteiger charge is -2.11. The van der Waals surface area contributed by atoms with Crippen LogP contribution in [-0.4, -0.2) is 30.3 Å². The van der Waals surface area contributed by atoms with Crippen LogP contribution >= 0.6 is 0 Å². The van der Waals surface area contributed by atoms with Gasteiger partial charge in [-0.3, -0.25) is 9.59 Å². The van der Waals surface area contributed by atoms with Crippen molar-refractivity contribution >= 4 is 11.6 Å². The highest BCUT2D eigenvalue weighted by Gasteiger charge is 2.22. The number of ketones is 2. The van der Waals surface area contributed by atoms with Gasteiger partial charge in [-0.05, 0) is 26.3 Å². The van der Waals surface area contributed by atoms with Gasteiger partial charge in [0.15, 0.2) is 11.6 Å². The van der Waals surface area contributed by atoms with Crippen LogP contribution in [0.5, 0.6) is 0 Å². The minimum atomic E-state index is -0.906. The van der Waals surface area contributed by atoms with Gasteiger partial charge in [0.05, 0.1) is 25.3 Å². The summed E-state index contributed by atoms with van der Waals surface area (Å²) in [5.41, 5.74) is -1.09. The van der Waals surface area contributed by atoms with Gasteiger partial charge in [0.1, 0.15) is 0 Å². The van der Waals surface area contributed by atoms with Gasteiger partial charge >= 0.3 is 17.1 Å². The Kier molecular flexibility index (Phi) is 5.97. The second kappa shape index (κ2) is 8.03. The molecular formula is C19H22N4O5. The summed E-state index contributed by atoms with van der Waals surface area (Å²) in [6, 6.07) is 0. The van der Waals surface area contributed by atoms with E-state index >= 15 is 0 Å². The second-order valence-electron chi connectivity index (χ2n) is 6.34. The van der Waals surface area contributed by atoms with E-state index in [1.54, 1.807) is 13.8 Å². The second-order valence-corrected chi connectivity index (χ2v) is 6.34. The van der Waals surface area contributed by atoms with E-state index in [0.29, 0.717) is 21.4 Å². The van der Waals surface area contributed by atoms with Crippen LogP contribution in [0.1, 0.15) is 39.0 Å². The largest absolute Gasteiger partial charge is 0.355 e. The predicted octanol–water partition coefficient (Wildman–Crippen LogP) is 0.574. The summed E-state index contributed by atoms with van der Waals surface area (Å²) in [5, 5.41) is 0. The number of aryl methyl sites for hydroxylation is 1. The highest BCUT2D eigenvalue weighted by Crippen LogP contribution is 2.19. The summed E-state index contributed by atoms with van der Waals surface area (Å²) in [4.78, 5) is 65.0. The van der Waals surface area contributed by atoms with E-state index in [1.807, 2.05) is 0 Å². The highest BCUT2D eigenvalue weighted by molar-refractivity contribution is 6.03. The molecule has 0 amide bonds. The summed E-state index contributed by atoms with van der Waals surface area (Å²) in [6.45, 7) is 10.9. The van der Waals surface area contributed by atoms with E-state index in [2.05, 4.69) is 18.1 Å². The van der Waals surface area contributed by atoms with Gasteiger partial charge in [0.25, 0.3) is 0 Å². The Balaban J connectivity index is 2.64. The lowest BCUT2D eigenvalue weighted by atomic mass is 10.1. The monoisotopic (exact) mass is 386 g/mol. The number of nitrogens with zero attached hydrogens (tertiary/aromatic N) is 3. The fourth-order valence-electron chi connectivity index (χ4n) is 3.17. The molecule has 0 aromatic carbocycles. The summed E-state index contributed by atoms with van der Waals surface area (Å²) in [7, 11) is 0.